The van der Waals surface area contributed by atoms with Gasteiger partial charge in [-0.05, 0) is 34.7 Å². The molecule has 1 aliphatic rings. The fourth-order valence-electron chi connectivity index (χ4n) is 4.29. The molecule has 4 heteroatoms. The quantitative estimate of drug-likeness (QED) is 0.349. The predicted octanol–water partition coefficient (Wildman–Crippen LogP) is 6.14. The lowest BCUT2D eigenvalue weighted by atomic mass is 9.95. The van der Waals surface area contributed by atoms with Gasteiger partial charge in [0.25, 0.3) is 0 Å². The number of imidazole rings is 1. The van der Waals surface area contributed by atoms with Gasteiger partial charge in [-0.25, -0.2) is 4.98 Å². The zero-order chi connectivity index (χ0) is 18.8. The minimum atomic E-state index is -0.756. The third-order valence-electron chi connectivity index (χ3n) is 5.58. The smallest absolute Gasteiger partial charge is 0.159 e. The van der Waals surface area contributed by atoms with E-state index in [9.17, 15) is 5.11 Å². The topological polar surface area (TPSA) is 38.1 Å². The normalized spacial score (nSPS) is 15.1. The molecular formula is C24H15BrN2O. The average molecular weight is 427 g/mol. The van der Waals surface area contributed by atoms with Crippen molar-refractivity contribution in [2.45, 2.75) is 6.23 Å². The number of aromatic nitrogens is 2. The van der Waals surface area contributed by atoms with Crippen molar-refractivity contribution in [3.8, 4) is 22.5 Å². The number of aliphatic hydroxyl groups is 1. The highest BCUT2D eigenvalue weighted by Gasteiger charge is 2.28. The molecular weight excluding hydrogens is 412 g/mol. The molecule has 0 fully saturated rings. The first-order valence-electron chi connectivity index (χ1n) is 9.19. The highest BCUT2D eigenvalue weighted by atomic mass is 79.9. The first-order chi connectivity index (χ1) is 13.7. The number of hydrogen-bond acceptors (Lipinski definition) is 2. The van der Waals surface area contributed by atoms with Crippen LogP contribution < -0.4 is 0 Å². The Morgan fingerprint density at radius 2 is 1.71 bits per heavy atom. The Morgan fingerprint density at radius 1 is 0.857 bits per heavy atom. The summed E-state index contributed by atoms with van der Waals surface area (Å²) in [6.07, 6.45) is -0.756. The van der Waals surface area contributed by atoms with Crippen molar-refractivity contribution in [1.29, 1.82) is 0 Å². The molecule has 1 N–H and O–H groups in total. The van der Waals surface area contributed by atoms with E-state index in [0.29, 0.717) is 0 Å². The van der Waals surface area contributed by atoms with E-state index in [2.05, 4.69) is 58.4 Å². The molecule has 4 aromatic carbocycles. The van der Waals surface area contributed by atoms with Crippen molar-refractivity contribution in [2.75, 3.05) is 0 Å². The van der Waals surface area contributed by atoms with Gasteiger partial charge in [-0.2, -0.15) is 0 Å². The van der Waals surface area contributed by atoms with Crippen molar-refractivity contribution < 1.29 is 5.11 Å². The van der Waals surface area contributed by atoms with Crippen LogP contribution in [-0.2, 0) is 0 Å². The van der Waals surface area contributed by atoms with E-state index in [1.54, 1.807) is 0 Å². The Kier molecular flexibility index (Phi) is 3.31. The summed E-state index contributed by atoms with van der Waals surface area (Å²) < 4.78 is 2.96. The average Bonchev–Trinajstić information content (AvgIpc) is 3.13. The molecule has 0 radical (unpaired) electrons. The van der Waals surface area contributed by atoms with Crippen LogP contribution in [0.3, 0.4) is 0 Å². The highest BCUT2D eigenvalue weighted by molar-refractivity contribution is 9.10. The fraction of sp³-hybridized carbons (Fsp3) is 0.0417. The molecule has 2 heterocycles. The second-order valence-electron chi connectivity index (χ2n) is 7.11. The standard InChI is InChI=1S/C24H15BrN2O/c25-19-11-10-18-22-16(19)7-4-8-17(22)23-26-20-13-15(14-5-2-1-3-6-14)9-12-21(20)27(23)24(18)28/h1-13,24,28H. The SMILES string of the molecule is OC1c2ccc(Br)c3cccc(c23)-c2nc3cc(-c4ccccc4)ccc3n21. The maximum absolute atomic E-state index is 11.2. The zero-order valence-electron chi connectivity index (χ0n) is 14.8. The van der Waals surface area contributed by atoms with Crippen LogP contribution in [0.25, 0.3) is 44.3 Å². The van der Waals surface area contributed by atoms with Gasteiger partial charge in [0.05, 0.1) is 11.0 Å². The van der Waals surface area contributed by atoms with E-state index < -0.39 is 6.23 Å². The van der Waals surface area contributed by atoms with Crippen molar-refractivity contribution in [3.05, 3.63) is 88.9 Å². The molecule has 6 rings (SSSR count). The summed E-state index contributed by atoms with van der Waals surface area (Å²) >= 11 is 3.64. The summed E-state index contributed by atoms with van der Waals surface area (Å²) in [5.41, 5.74) is 6.07. The van der Waals surface area contributed by atoms with Gasteiger partial charge in [0.1, 0.15) is 5.82 Å². The Balaban J connectivity index is 1.66. The highest BCUT2D eigenvalue weighted by Crippen LogP contribution is 2.44. The Bertz CT molecular complexity index is 1390. The van der Waals surface area contributed by atoms with Gasteiger partial charge in [-0.1, -0.05) is 76.6 Å². The summed E-state index contributed by atoms with van der Waals surface area (Å²) in [6, 6.07) is 26.7. The van der Waals surface area contributed by atoms with Gasteiger partial charge in [-0.15, -0.1) is 0 Å². The van der Waals surface area contributed by atoms with Crippen LogP contribution in [0.1, 0.15) is 11.8 Å². The van der Waals surface area contributed by atoms with Gasteiger partial charge in [0.15, 0.2) is 6.23 Å². The van der Waals surface area contributed by atoms with E-state index in [-0.39, 0.29) is 0 Å². The number of nitrogens with zero attached hydrogens (tertiary/aromatic N) is 2. The molecule has 1 aromatic heterocycles. The number of fused-ring (bicyclic) bond motifs is 4. The van der Waals surface area contributed by atoms with Gasteiger partial charge in [0, 0.05) is 21.0 Å². The van der Waals surface area contributed by atoms with Crippen LogP contribution in [-0.4, -0.2) is 14.7 Å². The van der Waals surface area contributed by atoms with Gasteiger partial charge < -0.3 is 5.11 Å². The second kappa shape index (κ2) is 5.77. The number of rotatable bonds is 1. The monoisotopic (exact) mass is 426 g/mol. The molecule has 1 aliphatic heterocycles. The number of hydrogen-bond donors (Lipinski definition) is 1. The minimum Gasteiger partial charge on any atom is -0.369 e. The first kappa shape index (κ1) is 16.0. The van der Waals surface area contributed by atoms with Gasteiger partial charge >= 0.3 is 0 Å². The third kappa shape index (κ3) is 2.10. The van der Waals surface area contributed by atoms with Crippen LogP contribution in [0.4, 0.5) is 0 Å². The molecule has 0 aliphatic carbocycles. The molecule has 0 saturated heterocycles. The lowest BCUT2D eigenvalue weighted by molar-refractivity contribution is 0.152. The molecule has 0 spiro atoms. The van der Waals surface area contributed by atoms with Crippen LogP contribution >= 0.6 is 15.9 Å². The maximum atomic E-state index is 11.2. The van der Waals surface area contributed by atoms with Gasteiger partial charge in [-0.3, -0.25) is 4.57 Å². The third-order valence-corrected chi connectivity index (χ3v) is 6.27. The number of aliphatic hydroxyl groups excluding tert-OH is 1. The van der Waals surface area contributed by atoms with E-state index in [1.165, 1.54) is 0 Å². The molecule has 134 valence electrons. The molecule has 1 unspecified atom stereocenters. The van der Waals surface area contributed by atoms with Crippen LogP contribution in [0.15, 0.2) is 83.3 Å². The lowest BCUT2D eigenvalue weighted by Gasteiger charge is -2.25. The molecule has 1 atom stereocenters. The minimum absolute atomic E-state index is 0.756. The predicted molar refractivity (Wildman–Crippen MR) is 116 cm³/mol. The largest absolute Gasteiger partial charge is 0.369 e. The van der Waals surface area contributed by atoms with Crippen molar-refractivity contribution in [1.82, 2.24) is 9.55 Å². The Labute approximate surface area is 170 Å². The molecule has 0 bridgehead atoms. The first-order valence-corrected chi connectivity index (χ1v) is 9.98. The summed E-state index contributed by atoms with van der Waals surface area (Å²) in [7, 11) is 0. The van der Waals surface area contributed by atoms with Crippen LogP contribution in [0, 0.1) is 0 Å². The van der Waals surface area contributed by atoms with Crippen molar-refractivity contribution >= 4 is 37.7 Å². The second-order valence-corrected chi connectivity index (χ2v) is 7.97. The number of benzene rings is 4. The lowest BCUT2D eigenvalue weighted by Crippen LogP contribution is -2.16. The summed E-state index contributed by atoms with van der Waals surface area (Å²) in [5.74, 6) is 0.809. The Hall–Kier alpha value is -2.95. The van der Waals surface area contributed by atoms with E-state index in [4.69, 9.17) is 4.98 Å². The van der Waals surface area contributed by atoms with E-state index in [0.717, 1.165) is 54.4 Å². The van der Waals surface area contributed by atoms with Gasteiger partial charge in [0.2, 0.25) is 0 Å². The molecule has 0 amide bonds. The fourth-order valence-corrected chi connectivity index (χ4v) is 4.75. The summed E-state index contributed by atoms with van der Waals surface area (Å²) in [5, 5.41) is 13.4. The van der Waals surface area contributed by atoms with E-state index in [1.807, 2.05) is 41.0 Å². The van der Waals surface area contributed by atoms with Crippen LogP contribution in [0.5, 0.6) is 0 Å². The summed E-state index contributed by atoms with van der Waals surface area (Å²) in [6.45, 7) is 0. The van der Waals surface area contributed by atoms with Crippen molar-refractivity contribution in [3.63, 3.8) is 0 Å². The number of halogens is 1. The molecule has 28 heavy (non-hydrogen) atoms. The molecule has 3 nitrogen and oxygen atoms in total. The molecule has 5 aromatic rings. The van der Waals surface area contributed by atoms with E-state index >= 15 is 0 Å². The molecule has 0 saturated carbocycles. The van der Waals surface area contributed by atoms with Crippen LogP contribution in [0.2, 0.25) is 0 Å². The maximum Gasteiger partial charge on any atom is 0.159 e. The zero-order valence-corrected chi connectivity index (χ0v) is 16.4. The Morgan fingerprint density at radius 3 is 2.57 bits per heavy atom. The van der Waals surface area contributed by atoms with Crippen molar-refractivity contribution in [2.24, 2.45) is 0 Å². The summed E-state index contributed by atoms with van der Waals surface area (Å²) in [4.78, 5) is 4.93.